The predicted molar refractivity (Wildman–Crippen MR) is 61.3 cm³/mol. The van der Waals surface area contributed by atoms with Gasteiger partial charge in [-0.1, -0.05) is 23.5 Å². The lowest BCUT2D eigenvalue weighted by Gasteiger charge is -1.97. The van der Waals surface area contributed by atoms with Gasteiger partial charge in [0.05, 0.1) is 9.80 Å². The fourth-order valence-electron chi connectivity index (χ4n) is 0.989. The van der Waals surface area contributed by atoms with Crippen LogP contribution >= 0.6 is 11.3 Å². The fourth-order valence-corrected chi connectivity index (χ4v) is 1.87. The molecule has 0 aliphatic heterocycles. The molecular weight excluding hydrogens is 230 g/mol. The topological polar surface area (TPSA) is 69.4 Å². The van der Waals surface area contributed by atoms with Crippen LogP contribution in [0.3, 0.4) is 0 Å². The van der Waals surface area contributed by atoms with E-state index >= 15 is 0 Å². The summed E-state index contributed by atoms with van der Waals surface area (Å²) in [7, 11) is 0. The van der Waals surface area contributed by atoms with Crippen LogP contribution in [0.2, 0.25) is 0 Å². The monoisotopic (exact) mass is 241 g/mol. The summed E-state index contributed by atoms with van der Waals surface area (Å²) in [5.41, 5.74) is -0.153. The zero-order valence-corrected chi connectivity index (χ0v) is 9.74. The maximum atomic E-state index is 11.1. The number of carbonyl (C=O) groups is 1. The quantitative estimate of drug-likeness (QED) is 0.344. The summed E-state index contributed by atoms with van der Waals surface area (Å²) >= 11 is 0.999. The summed E-state index contributed by atoms with van der Waals surface area (Å²) < 4.78 is 5.21. The molecule has 6 heteroatoms. The Bertz CT molecular complexity index is 436. The van der Waals surface area contributed by atoms with Gasteiger partial charge in [-0.3, -0.25) is 14.9 Å². The molecule has 1 heterocycles. The van der Waals surface area contributed by atoms with Gasteiger partial charge in [0.15, 0.2) is 5.78 Å². The van der Waals surface area contributed by atoms with Crippen molar-refractivity contribution in [3.63, 3.8) is 0 Å². The number of hydrogen-bond donors (Lipinski definition) is 0. The minimum Gasteiger partial charge on any atom is -0.475 e. The average molecular weight is 241 g/mol. The molecule has 0 aliphatic carbocycles. The Kier molecular flexibility index (Phi) is 4.19. The first-order valence-corrected chi connectivity index (χ1v) is 5.41. The van der Waals surface area contributed by atoms with E-state index in [-0.39, 0.29) is 23.1 Å². The van der Waals surface area contributed by atoms with Crippen molar-refractivity contribution in [2.45, 2.75) is 13.8 Å². The van der Waals surface area contributed by atoms with Gasteiger partial charge in [0.2, 0.25) is 0 Å². The number of nitro groups is 1. The third-order valence-corrected chi connectivity index (χ3v) is 2.91. The van der Waals surface area contributed by atoms with Crippen molar-refractivity contribution in [1.82, 2.24) is 0 Å². The highest BCUT2D eigenvalue weighted by Crippen LogP contribution is 2.37. The molecule has 0 saturated carbocycles. The Morgan fingerprint density at radius 1 is 1.69 bits per heavy atom. The van der Waals surface area contributed by atoms with E-state index in [1.54, 1.807) is 12.2 Å². The largest absolute Gasteiger partial charge is 0.475 e. The Balaban J connectivity index is 2.96. The number of ether oxygens (including phenoxy) is 1. The second kappa shape index (κ2) is 5.41. The maximum Gasteiger partial charge on any atom is 0.323 e. The molecule has 0 unspecified atom stereocenters. The molecule has 0 bridgehead atoms. The summed E-state index contributed by atoms with van der Waals surface area (Å²) in [6.45, 7) is 3.45. The zero-order valence-electron chi connectivity index (χ0n) is 8.93. The number of Topliss-reactive ketones (excluding diaryl/α,β-unsaturated/α-hetero) is 1. The molecule has 0 fully saturated rings. The molecule has 5 nitrogen and oxygen atoms in total. The number of ketones is 1. The number of allylic oxidation sites excluding steroid dienone is 1. The first-order chi connectivity index (χ1) is 7.56. The Hall–Kier alpha value is -1.69. The van der Waals surface area contributed by atoms with Gasteiger partial charge in [-0.25, -0.2) is 0 Å². The third kappa shape index (κ3) is 2.90. The van der Waals surface area contributed by atoms with Gasteiger partial charge < -0.3 is 4.74 Å². The number of nitrogens with zero attached hydrogens (tertiary/aromatic N) is 1. The van der Waals surface area contributed by atoms with Crippen LogP contribution in [0.1, 0.15) is 23.5 Å². The van der Waals surface area contributed by atoms with E-state index in [1.807, 2.05) is 6.92 Å². The van der Waals surface area contributed by atoms with E-state index in [1.165, 1.54) is 13.0 Å². The lowest BCUT2D eigenvalue weighted by Crippen LogP contribution is -1.94. The highest BCUT2D eigenvalue weighted by Gasteiger charge is 2.21. The summed E-state index contributed by atoms with van der Waals surface area (Å²) in [5.74, 6) is -0.200. The van der Waals surface area contributed by atoms with Crippen LogP contribution in [-0.4, -0.2) is 17.3 Å². The zero-order chi connectivity index (χ0) is 12.1. The summed E-state index contributed by atoms with van der Waals surface area (Å²) in [4.78, 5) is 21.6. The fraction of sp³-hybridized carbons (Fsp3) is 0.300. The van der Waals surface area contributed by atoms with E-state index < -0.39 is 4.92 Å². The Labute approximate surface area is 96.5 Å². The standard InChI is InChI=1S/C10H11NO4S/c1-3-4-5-15-10-8(11(13)14)6-9(16-10)7(2)12/h3-4,6H,5H2,1-2H3/b4-3+. The van der Waals surface area contributed by atoms with Gasteiger partial charge in [0.1, 0.15) is 6.61 Å². The normalized spacial score (nSPS) is 10.6. The minimum atomic E-state index is -0.548. The van der Waals surface area contributed by atoms with E-state index in [2.05, 4.69) is 0 Å². The van der Waals surface area contributed by atoms with Gasteiger partial charge in [0.25, 0.3) is 5.06 Å². The first kappa shape index (κ1) is 12.4. The second-order valence-electron chi connectivity index (χ2n) is 2.98. The molecule has 1 rings (SSSR count). The molecule has 1 aromatic rings. The molecule has 0 aliphatic rings. The first-order valence-electron chi connectivity index (χ1n) is 4.59. The molecule has 86 valence electrons. The van der Waals surface area contributed by atoms with E-state index in [0.29, 0.717) is 4.88 Å². The van der Waals surface area contributed by atoms with Crippen molar-refractivity contribution >= 4 is 22.8 Å². The summed E-state index contributed by atoms with van der Waals surface area (Å²) in [6, 6.07) is 1.25. The van der Waals surface area contributed by atoms with Crippen LogP contribution in [0.25, 0.3) is 0 Å². The van der Waals surface area contributed by atoms with Crippen LogP contribution in [0.15, 0.2) is 18.2 Å². The predicted octanol–water partition coefficient (Wildman–Crippen LogP) is 2.81. The highest BCUT2D eigenvalue weighted by molar-refractivity contribution is 7.16. The summed E-state index contributed by atoms with van der Waals surface area (Å²) in [5, 5.41) is 10.9. The Morgan fingerprint density at radius 2 is 2.38 bits per heavy atom. The molecule has 0 saturated heterocycles. The molecule has 16 heavy (non-hydrogen) atoms. The SMILES string of the molecule is C/C=C/COc1sc(C(C)=O)cc1[N+](=O)[O-]. The molecule has 0 spiro atoms. The lowest BCUT2D eigenvalue weighted by molar-refractivity contribution is -0.385. The van der Waals surface area contributed by atoms with Crippen LogP contribution < -0.4 is 4.74 Å². The smallest absolute Gasteiger partial charge is 0.323 e. The number of thiophene rings is 1. The molecule has 0 aromatic carbocycles. The van der Waals surface area contributed by atoms with Crippen LogP contribution in [-0.2, 0) is 0 Å². The molecule has 0 radical (unpaired) electrons. The van der Waals surface area contributed by atoms with Crippen molar-refractivity contribution in [3.8, 4) is 5.06 Å². The number of carbonyl (C=O) groups excluding carboxylic acids is 1. The lowest BCUT2D eigenvalue weighted by atomic mass is 10.3. The molecule has 0 atom stereocenters. The van der Waals surface area contributed by atoms with Crippen molar-refractivity contribution in [3.05, 3.63) is 33.2 Å². The molecule has 1 aromatic heterocycles. The second-order valence-corrected chi connectivity index (χ2v) is 3.99. The number of hydrogen-bond acceptors (Lipinski definition) is 5. The van der Waals surface area contributed by atoms with Crippen molar-refractivity contribution in [1.29, 1.82) is 0 Å². The van der Waals surface area contributed by atoms with E-state index in [0.717, 1.165) is 11.3 Å². The van der Waals surface area contributed by atoms with Crippen molar-refractivity contribution in [2.75, 3.05) is 6.61 Å². The van der Waals surface area contributed by atoms with Crippen LogP contribution in [0, 0.1) is 10.1 Å². The Morgan fingerprint density at radius 3 is 2.88 bits per heavy atom. The van der Waals surface area contributed by atoms with Gasteiger partial charge in [-0.2, -0.15) is 0 Å². The van der Waals surface area contributed by atoms with Gasteiger partial charge in [-0.15, -0.1) is 0 Å². The molecular formula is C10H11NO4S. The van der Waals surface area contributed by atoms with Gasteiger partial charge in [0, 0.05) is 6.07 Å². The van der Waals surface area contributed by atoms with Crippen LogP contribution in [0.5, 0.6) is 5.06 Å². The third-order valence-electron chi connectivity index (χ3n) is 1.77. The van der Waals surface area contributed by atoms with Crippen LogP contribution in [0.4, 0.5) is 5.69 Å². The van der Waals surface area contributed by atoms with Crippen molar-refractivity contribution in [2.24, 2.45) is 0 Å². The van der Waals surface area contributed by atoms with Gasteiger partial charge in [-0.05, 0) is 13.8 Å². The minimum absolute atomic E-state index is 0.153. The van der Waals surface area contributed by atoms with Gasteiger partial charge >= 0.3 is 5.69 Å². The molecule has 0 N–H and O–H groups in total. The molecule has 0 amide bonds. The summed E-state index contributed by atoms with van der Waals surface area (Å²) in [6.07, 6.45) is 3.52. The highest BCUT2D eigenvalue weighted by atomic mass is 32.1. The van der Waals surface area contributed by atoms with Crippen molar-refractivity contribution < 1.29 is 14.5 Å². The van der Waals surface area contributed by atoms with E-state index in [9.17, 15) is 14.9 Å². The maximum absolute atomic E-state index is 11.1. The van der Waals surface area contributed by atoms with E-state index in [4.69, 9.17) is 4.74 Å². The average Bonchev–Trinajstić information content (AvgIpc) is 2.62. The number of rotatable bonds is 5.